The van der Waals surface area contributed by atoms with E-state index in [-0.39, 0.29) is 12.5 Å². The Morgan fingerprint density at radius 1 is 0.733 bits per heavy atom. The molecule has 1 rings (SSSR count). The third kappa shape index (κ3) is 19.6. The van der Waals surface area contributed by atoms with Crippen molar-refractivity contribution >= 4 is 5.91 Å². The quantitative estimate of drug-likeness (QED) is 0.0519. The van der Waals surface area contributed by atoms with Crippen molar-refractivity contribution in [2.45, 2.75) is 172 Å². The fraction of sp³-hybridized carbons (Fsp3) is 0.806. The van der Waals surface area contributed by atoms with Crippen LogP contribution in [-0.4, -0.2) is 87.5 Å². The maximum Gasteiger partial charge on any atom is 0.220 e. The third-order valence-corrected chi connectivity index (χ3v) is 8.20. The molecule has 9 nitrogen and oxygen atoms in total. The van der Waals surface area contributed by atoms with Gasteiger partial charge in [0.25, 0.3) is 0 Å². The van der Waals surface area contributed by atoms with Gasteiger partial charge in [0.05, 0.1) is 25.4 Å². The summed E-state index contributed by atoms with van der Waals surface area (Å²) in [5.74, 6) is -0.202. The Morgan fingerprint density at radius 3 is 1.87 bits per heavy atom. The molecule has 0 bridgehead atoms. The zero-order chi connectivity index (χ0) is 33.1. The summed E-state index contributed by atoms with van der Waals surface area (Å²) < 4.78 is 11.1. The summed E-state index contributed by atoms with van der Waals surface area (Å²) in [6.45, 7) is 3.64. The molecule has 6 N–H and O–H groups in total. The van der Waals surface area contributed by atoms with E-state index in [0.717, 1.165) is 51.4 Å². The van der Waals surface area contributed by atoms with Gasteiger partial charge in [-0.25, -0.2) is 0 Å². The normalized spacial score (nSPS) is 23.8. The predicted molar refractivity (Wildman–Crippen MR) is 180 cm³/mol. The van der Waals surface area contributed by atoms with E-state index in [4.69, 9.17) is 9.47 Å². The van der Waals surface area contributed by atoms with E-state index in [1.165, 1.54) is 57.8 Å². The number of rotatable bonds is 27. The maximum absolute atomic E-state index is 12.7. The lowest BCUT2D eigenvalue weighted by Gasteiger charge is -2.40. The Kier molecular flexibility index (Phi) is 25.3. The highest BCUT2D eigenvalue weighted by Crippen LogP contribution is 2.22. The number of ether oxygens (including phenoxy) is 2. The second kappa shape index (κ2) is 27.5. The van der Waals surface area contributed by atoms with Crippen LogP contribution in [0.2, 0.25) is 0 Å². The van der Waals surface area contributed by atoms with Crippen LogP contribution in [-0.2, 0) is 14.3 Å². The van der Waals surface area contributed by atoms with Gasteiger partial charge in [-0.15, -0.1) is 0 Å². The number of nitrogens with one attached hydrogen (secondary N) is 1. The van der Waals surface area contributed by atoms with Crippen LogP contribution in [0.5, 0.6) is 0 Å². The number of amides is 1. The second-order valence-corrected chi connectivity index (χ2v) is 12.3. The number of allylic oxidation sites excluding steroid dienone is 5. The highest BCUT2D eigenvalue weighted by molar-refractivity contribution is 5.76. The van der Waals surface area contributed by atoms with Crippen LogP contribution in [0.25, 0.3) is 0 Å². The molecule has 0 spiro atoms. The van der Waals surface area contributed by atoms with Crippen molar-refractivity contribution in [2.75, 3.05) is 13.2 Å². The topological polar surface area (TPSA) is 149 Å². The molecule has 1 aliphatic heterocycles. The Hall–Kier alpha value is -1.59. The zero-order valence-corrected chi connectivity index (χ0v) is 28.1. The Morgan fingerprint density at radius 2 is 1.27 bits per heavy atom. The smallest absolute Gasteiger partial charge is 0.220 e. The molecule has 0 saturated carbocycles. The van der Waals surface area contributed by atoms with Crippen molar-refractivity contribution in [3.63, 3.8) is 0 Å². The first-order chi connectivity index (χ1) is 21.8. The molecule has 1 amide bonds. The van der Waals surface area contributed by atoms with Gasteiger partial charge in [0.2, 0.25) is 5.91 Å². The molecule has 1 aliphatic rings. The highest BCUT2D eigenvalue weighted by Gasteiger charge is 2.44. The molecule has 45 heavy (non-hydrogen) atoms. The van der Waals surface area contributed by atoms with Crippen LogP contribution in [0.3, 0.4) is 0 Å². The van der Waals surface area contributed by atoms with Crippen molar-refractivity contribution in [1.29, 1.82) is 0 Å². The molecule has 262 valence electrons. The fourth-order valence-electron chi connectivity index (χ4n) is 5.24. The van der Waals surface area contributed by atoms with Gasteiger partial charge < -0.3 is 40.3 Å². The molecule has 0 aromatic carbocycles. The molecule has 0 aromatic heterocycles. The summed E-state index contributed by atoms with van der Waals surface area (Å²) in [6, 6.07) is -0.820. The number of aliphatic hydroxyl groups excluding tert-OH is 5. The monoisotopic (exact) mass is 639 g/mol. The predicted octanol–water partition coefficient (Wildman–Crippen LogP) is 5.38. The number of carbonyl (C=O) groups is 1. The van der Waals surface area contributed by atoms with Gasteiger partial charge in [-0.2, -0.15) is 0 Å². The molecule has 0 radical (unpaired) electrons. The first-order valence-electron chi connectivity index (χ1n) is 17.7. The number of hydrogen-bond donors (Lipinski definition) is 6. The molecule has 1 saturated heterocycles. The van der Waals surface area contributed by atoms with Crippen LogP contribution >= 0.6 is 0 Å². The summed E-state index contributed by atoms with van der Waals surface area (Å²) in [5.41, 5.74) is 0. The second-order valence-electron chi connectivity index (χ2n) is 12.3. The summed E-state index contributed by atoms with van der Waals surface area (Å²) in [6.07, 6.45) is 23.5. The lowest BCUT2D eigenvalue weighted by atomic mass is 9.99. The van der Waals surface area contributed by atoms with Crippen molar-refractivity contribution in [1.82, 2.24) is 5.32 Å². The minimum Gasteiger partial charge on any atom is -0.394 e. The van der Waals surface area contributed by atoms with E-state index < -0.39 is 49.5 Å². The van der Waals surface area contributed by atoms with Gasteiger partial charge in [0.15, 0.2) is 6.29 Å². The standard InChI is InChI=1S/C36H65NO8/c1-3-5-7-9-11-12-13-14-15-16-17-18-20-21-23-25-30(39)29(37-32(40)26-24-22-19-10-8-6-4-2)28-44-36-35(43)34(42)33(41)31(27-38)45-36/h13-14,17-18,23,25,29-31,33-36,38-39,41-43H,3-12,15-16,19-22,24,26-28H2,1-2H3,(H,37,40)/b14-13+,18-17+,25-23+. The third-order valence-electron chi connectivity index (χ3n) is 8.20. The molecule has 1 heterocycles. The zero-order valence-electron chi connectivity index (χ0n) is 28.1. The molecule has 0 aromatic rings. The molecular formula is C36H65NO8. The van der Waals surface area contributed by atoms with Crippen molar-refractivity contribution in [2.24, 2.45) is 0 Å². The molecule has 0 aliphatic carbocycles. The van der Waals surface area contributed by atoms with E-state index in [9.17, 15) is 30.3 Å². The van der Waals surface area contributed by atoms with Crippen LogP contribution in [0.15, 0.2) is 36.5 Å². The van der Waals surface area contributed by atoms with Crippen molar-refractivity contribution < 1.29 is 39.8 Å². The van der Waals surface area contributed by atoms with Gasteiger partial charge in [-0.3, -0.25) is 4.79 Å². The lowest BCUT2D eigenvalue weighted by Crippen LogP contribution is -2.60. The molecule has 9 heteroatoms. The van der Waals surface area contributed by atoms with E-state index in [0.29, 0.717) is 6.42 Å². The molecule has 7 unspecified atom stereocenters. The van der Waals surface area contributed by atoms with Gasteiger partial charge in [0, 0.05) is 6.42 Å². The van der Waals surface area contributed by atoms with Gasteiger partial charge >= 0.3 is 0 Å². The molecular weight excluding hydrogens is 574 g/mol. The SMILES string of the molecule is CCCCCCC/C=C/CC/C=C/CC/C=C/C(O)C(COC1OC(CO)C(O)C(O)C1O)NC(=O)CCCCCCCCC. The van der Waals surface area contributed by atoms with Crippen LogP contribution in [0.4, 0.5) is 0 Å². The average Bonchev–Trinajstić information content (AvgIpc) is 3.03. The first kappa shape index (κ1) is 41.4. The van der Waals surface area contributed by atoms with E-state index in [1.54, 1.807) is 6.08 Å². The first-order valence-corrected chi connectivity index (χ1v) is 17.7. The molecule has 1 fully saturated rings. The van der Waals surface area contributed by atoms with Crippen LogP contribution < -0.4 is 5.32 Å². The van der Waals surface area contributed by atoms with E-state index >= 15 is 0 Å². The van der Waals surface area contributed by atoms with Crippen LogP contribution in [0.1, 0.15) is 129 Å². The van der Waals surface area contributed by atoms with E-state index in [1.807, 2.05) is 6.08 Å². The Labute approximate surface area is 272 Å². The van der Waals surface area contributed by atoms with Gasteiger partial charge in [-0.1, -0.05) is 115 Å². The minimum atomic E-state index is -1.57. The lowest BCUT2D eigenvalue weighted by molar-refractivity contribution is -0.302. The fourth-order valence-corrected chi connectivity index (χ4v) is 5.24. The number of aliphatic hydroxyl groups is 5. The Bertz CT molecular complexity index is 802. The van der Waals surface area contributed by atoms with Gasteiger partial charge in [-0.05, 0) is 44.9 Å². The van der Waals surface area contributed by atoms with Gasteiger partial charge in [0.1, 0.15) is 24.4 Å². The van der Waals surface area contributed by atoms with Crippen molar-refractivity contribution in [3.8, 4) is 0 Å². The minimum absolute atomic E-state index is 0.202. The van der Waals surface area contributed by atoms with E-state index in [2.05, 4.69) is 43.5 Å². The Balaban J connectivity index is 2.53. The summed E-state index contributed by atoms with van der Waals surface area (Å²) in [4.78, 5) is 12.7. The largest absolute Gasteiger partial charge is 0.394 e. The van der Waals surface area contributed by atoms with Crippen LogP contribution in [0, 0.1) is 0 Å². The summed E-state index contributed by atoms with van der Waals surface area (Å²) >= 11 is 0. The molecule has 7 atom stereocenters. The summed E-state index contributed by atoms with van der Waals surface area (Å²) in [5, 5.41) is 53.6. The average molecular weight is 640 g/mol. The number of carbonyl (C=O) groups excluding carboxylic acids is 1. The number of unbranched alkanes of at least 4 members (excludes halogenated alkanes) is 13. The van der Waals surface area contributed by atoms with Crippen molar-refractivity contribution in [3.05, 3.63) is 36.5 Å². The summed E-state index contributed by atoms with van der Waals surface area (Å²) in [7, 11) is 0. The number of hydrogen-bond acceptors (Lipinski definition) is 8. The maximum atomic E-state index is 12.7. The highest BCUT2D eigenvalue weighted by atomic mass is 16.7.